The fourth-order valence-electron chi connectivity index (χ4n) is 2.12. The fraction of sp³-hybridized carbons (Fsp3) is 0.143. The Kier molecular flexibility index (Phi) is 3.35. The Bertz CT molecular complexity index is 799. The molecule has 0 aliphatic carbocycles. The van der Waals surface area contributed by atoms with Gasteiger partial charge in [0.25, 0.3) is 0 Å². The lowest BCUT2D eigenvalue weighted by Crippen LogP contribution is -2.12. The summed E-state index contributed by atoms with van der Waals surface area (Å²) in [6.07, 6.45) is 1.97. The van der Waals surface area contributed by atoms with Gasteiger partial charge in [-0.3, -0.25) is 4.40 Å². The molecule has 100 valence electrons. The van der Waals surface area contributed by atoms with Gasteiger partial charge in [-0.2, -0.15) is 5.26 Å². The third kappa shape index (κ3) is 2.03. The maximum atomic E-state index is 8.99. The highest BCUT2D eigenvalue weighted by Crippen LogP contribution is 2.30. The largest absolute Gasteiger partial charge is 0.328 e. The Balaban J connectivity index is 2.09. The van der Waals surface area contributed by atoms with E-state index in [1.807, 2.05) is 46.1 Å². The number of imidazole rings is 1. The van der Waals surface area contributed by atoms with Gasteiger partial charge in [-0.15, -0.1) is 22.9 Å². The van der Waals surface area contributed by atoms with Crippen LogP contribution in [-0.4, -0.2) is 16.4 Å². The first-order valence-electron chi connectivity index (χ1n) is 5.99. The molecule has 0 bridgehead atoms. The summed E-state index contributed by atoms with van der Waals surface area (Å²) in [5, 5.41) is 11.0. The van der Waals surface area contributed by atoms with E-state index < -0.39 is 0 Å². The minimum Gasteiger partial charge on any atom is -0.328 e. The van der Waals surface area contributed by atoms with Crippen LogP contribution < -0.4 is 4.90 Å². The smallest absolute Gasteiger partial charge is 0.195 e. The van der Waals surface area contributed by atoms with Crippen molar-refractivity contribution in [2.75, 3.05) is 11.9 Å². The van der Waals surface area contributed by atoms with Gasteiger partial charge in [-0.25, -0.2) is 4.98 Å². The highest BCUT2D eigenvalue weighted by Gasteiger charge is 2.17. The molecule has 0 radical (unpaired) electrons. The van der Waals surface area contributed by atoms with Crippen LogP contribution in [0.2, 0.25) is 0 Å². The topological polar surface area (TPSA) is 44.3 Å². The number of nitriles is 1. The highest BCUT2D eigenvalue weighted by atomic mass is 35.5. The molecule has 0 fully saturated rings. The Morgan fingerprint density at radius 1 is 1.50 bits per heavy atom. The van der Waals surface area contributed by atoms with Crippen LogP contribution in [0.25, 0.3) is 4.96 Å². The van der Waals surface area contributed by atoms with E-state index in [0.29, 0.717) is 11.4 Å². The van der Waals surface area contributed by atoms with Gasteiger partial charge in [-0.1, -0.05) is 6.07 Å². The number of aromatic nitrogens is 2. The van der Waals surface area contributed by atoms with E-state index in [0.717, 1.165) is 22.2 Å². The third-order valence-electron chi connectivity index (χ3n) is 3.15. The number of rotatable bonds is 3. The number of alkyl halides is 1. The van der Waals surface area contributed by atoms with Crippen LogP contribution in [0.5, 0.6) is 0 Å². The van der Waals surface area contributed by atoms with Gasteiger partial charge >= 0.3 is 0 Å². The van der Waals surface area contributed by atoms with Crippen LogP contribution in [0.1, 0.15) is 11.3 Å². The molecule has 0 saturated heterocycles. The molecular formula is C14H11ClN4S. The molecule has 3 rings (SSSR count). The predicted octanol–water partition coefficient (Wildman–Crippen LogP) is 3.77. The number of halogens is 1. The lowest BCUT2D eigenvalue weighted by Gasteiger charge is -2.18. The zero-order valence-electron chi connectivity index (χ0n) is 10.7. The normalized spacial score (nSPS) is 10.7. The van der Waals surface area contributed by atoms with Crippen LogP contribution in [0, 0.1) is 11.3 Å². The van der Waals surface area contributed by atoms with Crippen molar-refractivity contribution >= 4 is 39.4 Å². The monoisotopic (exact) mass is 302 g/mol. The summed E-state index contributed by atoms with van der Waals surface area (Å²) in [4.78, 5) is 7.49. The molecule has 6 heteroatoms. The second-order valence-corrected chi connectivity index (χ2v) is 5.43. The van der Waals surface area contributed by atoms with Crippen molar-refractivity contribution in [1.82, 2.24) is 9.38 Å². The first kappa shape index (κ1) is 13.0. The van der Waals surface area contributed by atoms with Gasteiger partial charge in [0.15, 0.2) is 10.8 Å². The quantitative estimate of drug-likeness (QED) is 0.692. The summed E-state index contributed by atoms with van der Waals surface area (Å²) in [6, 6.07) is 9.58. The summed E-state index contributed by atoms with van der Waals surface area (Å²) in [5.41, 5.74) is 2.50. The second-order valence-electron chi connectivity index (χ2n) is 4.29. The molecule has 0 aliphatic rings. The van der Waals surface area contributed by atoms with E-state index in [9.17, 15) is 0 Å². The Hall–Kier alpha value is -2.03. The summed E-state index contributed by atoms with van der Waals surface area (Å²) in [7, 11) is 1.93. The number of hydrogen-bond donors (Lipinski definition) is 0. The van der Waals surface area contributed by atoms with E-state index in [1.54, 1.807) is 17.4 Å². The van der Waals surface area contributed by atoms with Crippen molar-refractivity contribution < 1.29 is 0 Å². The molecule has 0 amide bonds. The fourth-order valence-corrected chi connectivity index (χ4v) is 3.10. The van der Waals surface area contributed by atoms with E-state index in [1.165, 1.54) is 0 Å². The number of benzene rings is 1. The van der Waals surface area contributed by atoms with Crippen molar-refractivity contribution in [3.05, 3.63) is 47.1 Å². The lowest BCUT2D eigenvalue weighted by atomic mass is 10.2. The molecule has 0 atom stereocenters. The average Bonchev–Trinajstić information content (AvgIpc) is 3.06. The van der Waals surface area contributed by atoms with Crippen molar-refractivity contribution in [2.24, 2.45) is 0 Å². The van der Waals surface area contributed by atoms with E-state index in [-0.39, 0.29) is 0 Å². The van der Waals surface area contributed by atoms with E-state index in [4.69, 9.17) is 16.9 Å². The molecule has 20 heavy (non-hydrogen) atoms. The molecule has 2 aromatic heterocycles. The highest BCUT2D eigenvalue weighted by molar-refractivity contribution is 7.15. The number of thiazole rings is 1. The van der Waals surface area contributed by atoms with Crippen molar-refractivity contribution in [1.29, 1.82) is 5.26 Å². The summed E-state index contributed by atoms with van der Waals surface area (Å²) in [5.74, 6) is 1.21. The zero-order chi connectivity index (χ0) is 14.1. The molecule has 0 N–H and O–H groups in total. The molecule has 4 nitrogen and oxygen atoms in total. The molecule has 0 spiro atoms. The molecule has 0 unspecified atom stereocenters. The van der Waals surface area contributed by atoms with Gasteiger partial charge in [0.05, 0.1) is 23.2 Å². The molecular weight excluding hydrogens is 292 g/mol. The minimum atomic E-state index is 0.384. The first-order valence-corrected chi connectivity index (χ1v) is 7.40. The van der Waals surface area contributed by atoms with Crippen molar-refractivity contribution in [2.45, 2.75) is 5.88 Å². The SMILES string of the molecule is CN(c1cccc(C#N)c1)c1nc2sccn2c1CCl. The Morgan fingerprint density at radius 3 is 3.10 bits per heavy atom. The summed E-state index contributed by atoms with van der Waals surface area (Å²) in [6.45, 7) is 0. The Labute approximate surface area is 125 Å². The standard InChI is InChI=1S/C14H11ClN4S/c1-18(11-4-2-3-10(7-11)9-16)13-12(8-15)19-5-6-20-14(19)17-13/h2-7H,8H2,1H3. The van der Waals surface area contributed by atoms with E-state index >= 15 is 0 Å². The van der Waals surface area contributed by atoms with Gasteiger partial charge in [0.2, 0.25) is 0 Å². The summed E-state index contributed by atoms with van der Waals surface area (Å²) < 4.78 is 2.00. The molecule has 2 heterocycles. The van der Waals surface area contributed by atoms with Crippen LogP contribution in [0.3, 0.4) is 0 Å². The van der Waals surface area contributed by atoms with Gasteiger partial charge < -0.3 is 4.90 Å². The first-order chi connectivity index (χ1) is 9.74. The van der Waals surface area contributed by atoms with Crippen LogP contribution >= 0.6 is 22.9 Å². The maximum Gasteiger partial charge on any atom is 0.195 e. The number of hydrogen-bond acceptors (Lipinski definition) is 4. The maximum absolute atomic E-state index is 8.99. The zero-order valence-corrected chi connectivity index (χ0v) is 12.3. The molecule has 0 saturated carbocycles. The lowest BCUT2D eigenvalue weighted by molar-refractivity contribution is 1.08. The third-order valence-corrected chi connectivity index (χ3v) is 4.16. The minimum absolute atomic E-state index is 0.384. The van der Waals surface area contributed by atoms with Crippen molar-refractivity contribution in [3.63, 3.8) is 0 Å². The van der Waals surface area contributed by atoms with Crippen molar-refractivity contribution in [3.8, 4) is 6.07 Å². The van der Waals surface area contributed by atoms with Gasteiger partial charge in [0, 0.05) is 24.3 Å². The van der Waals surface area contributed by atoms with Crippen LogP contribution in [0.4, 0.5) is 11.5 Å². The van der Waals surface area contributed by atoms with Crippen LogP contribution in [0.15, 0.2) is 35.8 Å². The van der Waals surface area contributed by atoms with Crippen LogP contribution in [-0.2, 0) is 5.88 Å². The summed E-state index contributed by atoms with van der Waals surface area (Å²) >= 11 is 7.64. The molecule has 1 aromatic carbocycles. The average molecular weight is 303 g/mol. The van der Waals surface area contributed by atoms with E-state index in [2.05, 4.69) is 11.1 Å². The number of anilines is 2. The Morgan fingerprint density at radius 2 is 2.35 bits per heavy atom. The predicted molar refractivity (Wildman–Crippen MR) is 81.8 cm³/mol. The van der Waals surface area contributed by atoms with Gasteiger partial charge in [-0.05, 0) is 18.2 Å². The number of nitrogens with zero attached hydrogens (tertiary/aromatic N) is 4. The van der Waals surface area contributed by atoms with Gasteiger partial charge in [0.1, 0.15) is 0 Å². The molecule has 0 aliphatic heterocycles. The second kappa shape index (κ2) is 5.16. The molecule has 3 aromatic rings. The number of fused-ring (bicyclic) bond motifs is 1.